The monoisotopic (exact) mass is 365 g/mol. The van der Waals surface area contributed by atoms with E-state index in [1.807, 2.05) is 6.92 Å². The molecular formula is C18H21F2N3O3. The van der Waals surface area contributed by atoms with Gasteiger partial charge in [0.25, 0.3) is 5.91 Å². The van der Waals surface area contributed by atoms with Crippen LogP contribution in [0.25, 0.3) is 5.57 Å². The second-order valence-corrected chi connectivity index (χ2v) is 5.69. The molecule has 2 rings (SSSR count). The van der Waals surface area contributed by atoms with Gasteiger partial charge in [0, 0.05) is 30.9 Å². The molecule has 2 heterocycles. The maximum absolute atomic E-state index is 13.7. The fourth-order valence-electron chi connectivity index (χ4n) is 2.47. The SMILES string of the molecule is CCOC(=O)C1=CC(c2cnc(C(F)(F)CC)nc2)=C(CC)CNC1=O. The third-order valence-corrected chi connectivity index (χ3v) is 4.03. The maximum atomic E-state index is 13.7. The Bertz CT molecular complexity index is 755. The third-order valence-electron chi connectivity index (χ3n) is 4.03. The highest BCUT2D eigenvalue weighted by Crippen LogP contribution is 2.30. The molecule has 8 heteroatoms. The minimum absolute atomic E-state index is 0.132. The normalized spacial score (nSPS) is 15.3. The quantitative estimate of drug-likeness (QED) is 0.619. The standard InChI is InChI=1S/C18H21F2N3O3/c1-4-11-8-21-15(24)14(16(25)26-6-3)7-13(11)12-9-22-17(23-10-12)18(19,20)5-2/h7,9-10H,4-6,8H2,1-3H3,(H,21,24). The van der Waals surface area contributed by atoms with E-state index in [-0.39, 0.29) is 18.7 Å². The van der Waals surface area contributed by atoms with Crippen molar-refractivity contribution in [1.29, 1.82) is 0 Å². The van der Waals surface area contributed by atoms with Crippen LogP contribution in [0, 0.1) is 0 Å². The van der Waals surface area contributed by atoms with Crippen LogP contribution in [0.3, 0.4) is 0 Å². The van der Waals surface area contributed by atoms with E-state index in [1.165, 1.54) is 25.4 Å². The van der Waals surface area contributed by atoms with Crippen molar-refractivity contribution in [2.75, 3.05) is 13.2 Å². The second-order valence-electron chi connectivity index (χ2n) is 5.69. The molecule has 1 N–H and O–H groups in total. The number of ether oxygens (including phenoxy) is 1. The number of hydrogen-bond donors (Lipinski definition) is 1. The zero-order valence-electron chi connectivity index (χ0n) is 14.9. The molecule has 0 radical (unpaired) electrons. The topological polar surface area (TPSA) is 81.2 Å². The van der Waals surface area contributed by atoms with Crippen molar-refractivity contribution in [3.63, 3.8) is 0 Å². The Kier molecular flexibility index (Phi) is 6.18. The van der Waals surface area contributed by atoms with Crippen molar-refractivity contribution >= 4 is 17.4 Å². The van der Waals surface area contributed by atoms with E-state index in [9.17, 15) is 18.4 Å². The number of allylic oxidation sites excluding steroid dienone is 2. The first-order valence-electron chi connectivity index (χ1n) is 8.43. The number of carbonyl (C=O) groups is 2. The molecule has 0 atom stereocenters. The Morgan fingerprint density at radius 2 is 1.92 bits per heavy atom. The zero-order chi connectivity index (χ0) is 19.3. The lowest BCUT2D eigenvalue weighted by atomic mass is 9.99. The number of aromatic nitrogens is 2. The molecule has 1 amide bonds. The molecule has 0 aromatic carbocycles. The first kappa shape index (κ1) is 19.7. The van der Waals surface area contributed by atoms with Gasteiger partial charge in [-0.05, 0) is 30.6 Å². The van der Waals surface area contributed by atoms with Crippen LogP contribution in [-0.4, -0.2) is 35.0 Å². The van der Waals surface area contributed by atoms with Crippen LogP contribution < -0.4 is 5.32 Å². The van der Waals surface area contributed by atoms with Gasteiger partial charge in [0.2, 0.25) is 0 Å². The summed E-state index contributed by atoms with van der Waals surface area (Å²) in [4.78, 5) is 31.8. The molecule has 26 heavy (non-hydrogen) atoms. The molecule has 1 aliphatic rings. The number of nitrogens with one attached hydrogen (secondary N) is 1. The summed E-state index contributed by atoms with van der Waals surface area (Å²) in [5.74, 6) is -4.94. The van der Waals surface area contributed by atoms with Gasteiger partial charge in [-0.25, -0.2) is 14.8 Å². The Labute approximate surface area is 150 Å². The van der Waals surface area contributed by atoms with E-state index < -0.39 is 30.0 Å². The van der Waals surface area contributed by atoms with E-state index in [4.69, 9.17) is 4.74 Å². The van der Waals surface area contributed by atoms with Crippen LogP contribution in [0.15, 0.2) is 29.6 Å². The lowest BCUT2D eigenvalue weighted by Gasteiger charge is -2.13. The average Bonchev–Trinajstić information content (AvgIpc) is 2.81. The number of nitrogens with zero attached hydrogens (tertiary/aromatic N) is 2. The predicted molar refractivity (Wildman–Crippen MR) is 91.2 cm³/mol. The fourth-order valence-corrected chi connectivity index (χ4v) is 2.47. The molecule has 1 aromatic rings. The van der Waals surface area contributed by atoms with Crippen molar-refractivity contribution in [2.45, 2.75) is 39.5 Å². The number of esters is 1. The molecule has 0 unspecified atom stereocenters. The van der Waals surface area contributed by atoms with Crippen LogP contribution in [0.4, 0.5) is 8.78 Å². The Balaban J connectivity index is 2.49. The number of rotatable bonds is 6. The summed E-state index contributed by atoms with van der Waals surface area (Å²) in [6.45, 7) is 5.25. The average molecular weight is 365 g/mol. The Hall–Kier alpha value is -2.64. The smallest absolute Gasteiger partial charge is 0.343 e. The summed E-state index contributed by atoms with van der Waals surface area (Å²) in [5.41, 5.74) is 1.69. The van der Waals surface area contributed by atoms with Gasteiger partial charge in [-0.15, -0.1) is 0 Å². The van der Waals surface area contributed by atoms with Crippen LogP contribution >= 0.6 is 0 Å². The molecule has 6 nitrogen and oxygen atoms in total. The van der Waals surface area contributed by atoms with E-state index in [0.29, 0.717) is 17.6 Å². The number of hydrogen-bond acceptors (Lipinski definition) is 5. The van der Waals surface area contributed by atoms with Crippen LogP contribution in [0.2, 0.25) is 0 Å². The summed E-state index contributed by atoms with van der Waals surface area (Å²) in [7, 11) is 0. The number of alkyl halides is 2. The lowest BCUT2D eigenvalue weighted by Crippen LogP contribution is -2.29. The first-order chi connectivity index (χ1) is 12.3. The molecular weight excluding hydrogens is 344 g/mol. The minimum atomic E-state index is -3.10. The van der Waals surface area contributed by atoms with Crippen molar-refractivity contribution in [1.82, 2.24) is 15.3 Å². The largest absolute Gasteiger partial charge is 0.462 e. The summed E-state index contributed by atoms with van der Waals surface area (Å²) >= 11 is 0. The fraction of sp³-hybridized carbons (Fsp3) is 0.444. The molecule has 1 aromatic heterocycles. The van der Waals surface area contributed by atoms with Crippen molar-refractivity contribution < 1.29 is 23.1 Å². The summed E-state index contributed by atoms with van der Waals surface area (Å²) in [6, 6.07) is 0. The molecule has 0 saturated heterocycles. The highest BCUT2D eigenvalue weighted by molar-refractivity contribution is 6.18. The van der Waals surface area contributed by atoms with Gasteiger partial charge in [0.1, 0.15) is 5.57 Å². The van der Waals surface area contributed by atoms with E-state index in [0.717, 1.165) is 5.57 Å². The molecule has 0 spiro atoms. The molecule has 0 saturated carbocycles. The van der Waals surface area contributed by atoms with Gasteiger partial charge < -0.3 is 10.1 Å². The molecule has 0 bridgehead atoms. The molecule has 1 aliphatic heterocycles. The van der Waals surface area contributed by atoms with Crippen LogP contribution in [-0.2, 0) is 20.2 Å². The maximum Gasteiger partial charge on any atom is 0.343 e. The number of carbonyl (C=O) groups excluding carboxylic acids is 2. The first-order valence-corrected chi connectivity index (χ1v) is 8.43. The molecule has 0 fully saturated rings. The molecule has 140 valence electrons. The second kappa shape index (κ2) is 8.16. The summed E-state index contributed by atoms with van der Waals surface area (Å²) in [5, 5.41) is 2.65. The Morgan fingerprint density at radius 1 is 1.27 bits per heavy atom. The van der Waals surface area contributed by atoms with Gasteiger partial charge in [0.05, 0.1) is 6.61 Å². The predicted octanol–water partition coefficient (Wildman–Crippen LogP) is 2.76. The number of halogens is 2. The van der Waals surface area contributed by atoms with Gasteiger partial charge in [0.15, 0.2) is 5.82 Å². The summed E-state index contributed by atoms with van der Waals surface area (Å²) < 4.78 is 32.3. The van der Waals surface area contributed by atoms with E-state index >= 15 is 0 Å². The van der Waals surface area contributed by atoms with E-state index in [2.05, 4.69) is 15.3 Å². The van der Waals surface area contributed by atoms with Crippen LogP contribution in [0.1, 0.15) is 45.0 Å². The molecule has 0 aliphatic carbocycles. The highest BCUT2D eigenvalue weighted by atomic mass is 19.3. The van der Waals surface area contributed by atoms with Gasteiger partial charge >= 0.3 is 11.9 Å². The minimum Gasteiger partial charge on any atom is -0.462 e. The summed E-state index contributed by atoms with van der Waals surface area (Å²) in [6.07, 6.45) is 4.17. The van der Waals surface area contributed by atoms with Gasteiger partial charge in [-0.1, -0.05) is 13.8 Å². The Morgan fingerprint density at radius 3 is 2.46 bits per heavy atom. The highest BCUT2D eigenvalue weighted by Gasteiger charge is 2.32. The van der Waals surface area contributed by atoms with Gasteiger partial charge in [-0.2, -0.15) is 8.78 Å². The van der Waals surface area contributed by atoms with Gasteiger partial charge in [-0.3, -0.25) is 4.79 Å². The van der Waals surface area contributed by atoms with Crippen molar-refractivity contribution in [3.8, 4) is 0 Å². The zero-order valence-corrected chi connectivity index (χ0v) is 14.9. The van der Waals surface area contributed by atoms with Crippen molar-refractivity contribution in [2.24, 2.45) is 0 Å². The van der Waals surface area contributed by atoms with E-state index in [1.54, 1.807) is 6.92 Å². The lowest BCUT2D eigenvalue weighted by molar-refractivity contribution is -0.140. The number of amides is 1. The van der Waals surface area contributed by atoms with Crippen molar-refractivity contribution in [3.05, 3.63) is 41.0 Å². The van der Waals surface area contributed by atoms with Crippen LogP contribution in [0.5, 0.6) is 0 Å². The third kappa shape index (κ3) is 4.12.